The summed E-state index contributed by atoms with van der Waals surface area (Å²) in [6.07, 6.45) is 5.72. The molecule has 0 radical (unpaired) electrons. The van der Waals surface area contributed by atoms with Crippen molar-refractivity contribution in [3.8, 4) is 0 Å². The Bertz CT molecular complexity index is 1160. The van der Waals surface area contributed by atoms with Gasteiger partial charge in [0.2, 0.25) is 5.91 Å². The largest absolute Gasteiger partial charge is 0.340 e. The molecule has 2 aliphatic rings. The van der Waals surface area contributed by atoms with E-state index in [0.29, 0.717) is 26.1 Å². The Morgan fingerprint density at radius 2 is 1.97 bits per heavy atom. The monoisotopic (exact) mass is 457 g/mol. The molecule has 4 heterocycles. The van der Waals surface area contributed by atoms with Crippen LogP contribution in [0.4, 0.5) is 0 Å². The fourth-order valence-corrected chi connectivity index (χ4v) is 6.54. The van der Waals surface area contributed by atoms with Gasteiger partial charge in [-0.3, -0.25) is 14.5 Å². The topological polar surface area (TPSA) is 82.2 Å². The summed E-state index contributed by atoms with van der Waals surface area (Å²) < 4.78 is 0. The first-order valence-corrected chi connectivity index (χ1v) is 12.8. The van der Waals surface area contributed by atoms with Gasteiger partial charge in [0.05, 0.1) is 29.1 Å². The molecule has 31 heavy (non-hydrogen) atoms. The standard InChI is InChI=1S/C22H27N5O2S2/c1-2-18-23-14(13-30-18)11-19(28)27-9-7-26(8-10-27)12-17-24-21(29)20-15-5-3-4-6-16(15)31-22(20)25-17/h13H,2-12H2,1H3,(H,24,25,29). The van der Waals surface area contributed by atoms with E-state index in [-0.39, 0.29) is 11.5 Å². The quantitative estimate of drug-likeness (QED) is 0.637. The second kappa shape index (κ2) is 8.80. The van der Waals surface area contributed by atoms with E-state index in [2.05, 4.69) is 21.8 Å². The number of amides is 1. The van der Waals surface area contributed by atoms with Crippen LogP contribution in [-0.2, 0) is 37.0 Å². The molecule has 9 heteroatoms. The molecule has 0 saturated carbocycles. The Balaban J connectivity index is 1.21. The number of carbonyl (C=O) groups excluding carboxylic acids is 1. The number of aryl methyl sites for hydroxylation is 3. The Morgan fingerprint density at radius 3 is 2.74 bits per heavy atom. The van der Waals surface area contributed by atoms with E-state index >= 15 is 0 Å². The molecule has 0 atom stereocenters. The number of aromatic amines is 1. The number of H-pyrrole nitrogens is 1. The summed E-state index contributed by atoms with van der Waals surface area (Å²) in [6.45, 7) is 5.65. The SMILES string of the molecule is CCc1nc(CC(=O)N2CCN(Cc3nc4sc5c(c4c(=O)[nH]3)CCCC5)CC2)cs1. The van der Waals surface area contributed by atoms with Crippen LogP contribution in [0, 0.1) is 0 Å². The highest BCUT2D eigenvalue weighted by Gasteiger charge is 2.24. The minimum absolute atomic E-state index is 0.00271. The predicted molar refractivity (Wildman–Crippen MR) is 124 cm³/mol. The fourth-order valence-electron chi connectivity index (χ4n) is 4.51. The van der Waals surface area contributed by atoms with Crippen molar-refractivity contribution >= 4 is 38.8 Å². The van der Waals surface area contributed by atoms with Gasteiger partial charge in [-0.15, -0.1) is 22.7 Å². The lowest BCUT2D eigenvalue weighted by molar-refractivity contribution is -0.132. The third-order valence-corrected chi connectivity index (χ3v) is 8.43. The van der Waals surface area contributed by atoms with Crippen molar-refractivity contribution in [3.05, 3.63) is 42.7 Å². The van der Waals surface area contributed by atoms with Crippen LogP contribution in [0.15, 0.2) is 10.2 Å². The van der Waals surface area contributed by atoms with Crippen LogP contribution < -0.4 is 5.56 Å². The highest BCUT2D eigenvalue weighted by atomic mass is 32.1. The third kappa shape index (κ3) is 4.31. The van der Waals surface area contributed by atoms with Crippen molar-refractivity contribution in [1.29, 1.82) is 0 Å². The molecule has 1 fully saturated rings. The number of hydrogen-bond donors (Lipinski definition) is 1. The van der Waals surface area contributed by atoms with Gasteiger partial charge in [-0.2, -0.15) is 0 Å². The summed E-state index contributed by atoms with van der Waals surface area (Å²) in [5, 5.41) is 3.89. The van der Waals surface area contributed by atoms with E-state index in [9.17, 15) is 9.59 Å². The molecule has 1 N–H and O–H groups in total. The molecule has 3 aromatic heterocycles. The molecule has 5 rings (SSSR count). The van der Waals surface area contributed by atoms with E-state index in [1.807, 2.05) is 10.3 Å². The highest BCUT2D eigenvalue weighted by Crippen LogP contribution is 2.33. The van der Waals surface area contributed by atoms with Crippen LogP contribution in [0.25, 0.3) is 10.2 Å². The maximum absolute atomic E-state index is 12.7. The van der Waals surface area contributed by atoms with Gasteiger partial charge in [0.15, 0.2) is 0 Å². The molecule has 0 unspecified atom stereocenters. The Hall–Kier alpha value is -2.10. The van der Waals surface area contributed by atoms with E-state index in [4.69, 9.17) is 4.98 Å². The van der Waals surface area contributed by atoms with Crippen molar-refractivity contribution in [3.63, 3.8) is 0 Å². The normalized spacial score (nSPS) is 17.3. The van der Waals surface area contributed by atoms with Crippen LogP contribution in [0.1, 0.15) is 46.7 Å². The van der Waals surface area contributed by atoms with E-state index in [0.717, 1.165) is 65.5 Å². The van der Waals surface area contributed by atoms with Gasteiger partial charge in [-0.1, -0.05) is 6.92 Å². The maximum Gasteiger partial charge on any atom is 0.259 e. The summed E-state index contributed by atoms with van der Waals surface area (Å²) >= 11 is 3.32. The number of piperazine rings is 1. The van der Waals surface area contributed by atoms with E-state index in [1.165, 1.54) is 16.9 Å². The van der Waals surface area contributed by atoms with Gasteiger partial charge >= 0.3 is 0 Å². The van der Waals surface area contributed by atoms with E-state index in [1.54, 1.807) is 22.7 Å². The zero-order valence-electron chi connectivity index (χ0n) is 17.8. The number of hydrogen-bond acceptors (Lipinski definition) is 7. The minimum atomic E-state index is 0.00271. The van der Waals surface area contributed by atoms with Crippen LogP contribution in [0.2, 0.25) is 0 Å². The van der Waals surface area contributed by atoms with Gasteiger partial charge in [0, 0.05) is 36.4 Å². The smallest absolute Gasteiger partial charge is 0.259 e. The molecular formula is C22H27N5O2S2. The van der Waals surface area contributed by atoms with Crippen LogP contribution in [-0.4, -0.2) is 56.8 Å². The molecule has 1 amide bonds. The van der Waals surface area contributed by atoms with Gasteiger partial charge in [-0.05, 0) is 37.7 Å². The van der Waals surface area contributed by atoms with E-state index < -0.39 is 0 Å². The number of nitrogens with zero attached hydrogens (tertiary/aromatic N) is 4. The maximum atomic E-state index is 12.7. The van der Waals surface area contributed by atoms with Gasteiger partial charge in [0.25, 0.3) is 5.56 Å². The molecule has 3 aromatic rings. The zero-order chi connectivity index (χ0) is 21.4. The third-order valence-electron chi connectivity index (χ3n) is 6.21. The zero-order valence-corrected chi connectivity index (χ0v) is 19.4. The number of thiazole rings is 1. The molecule has 1 saturated heterocycles. The first-order valence-electron chi connectivity index (χ1n) is 11.1. The van der Waals surface area contributed by atoms with Crippen LogP contribution in [0.5, 0.6) is 0 Å². The van der Waals surface area contributed by atoms with Crippen LogP contribution in [0.3, 0.4) is 0 Å². The number of carbonyl (C=O) groups is 1. The molecule has 0 bridgehead atoms. The number of fused-ring (bicyclic) bond motifs is 3. The number of thiophene rings is 1. The Morgan fingerprint density at radius 1 is 1.16 bits per heavy atom. The van der Waals surface area contributed by atoms with Crippen molar-refractivity contribution < 1.29 is 4.79 Å². The number of aromatic nitrogens is 3. The Labute approximate surface area is 189 Å². The first kappa shape index (κ1) is 20.8. The lowest BCUT2D eigenvalue weighted by Crippen LogP contribution is -2.49. The molecule has 7 nitrogen and oxygen atoms in total. The molecule has 0 aromatic carbocycles. The van der Waals surface area contributed by atoms with Gasteiger partial charge in [-0.25, -0.2) is 9.97 Å². The average Bonchev–Trinajstić information content (AvgIpc) is 3.38. The summed E-state index contributed by atoms with van der Waals surface area (Å²) in [5.41, 5.74) is 2.11. The number of rotatable bonds is 5. The summed E-state index contributed by atoms with van der Waals surface area (Å²) in [5.74, 6) is 0.871. The van der Waals surface area contributed by atoms with Gasteiger partial charge in [0.1, 0.15) is 10.7 Å². The molecule has 164 valence electrons. The molecule has 0 spiro atoms. The van der Waals surface area contributed by atoms with Gasteiger partial charge < -0.3 is 9.88 Å². The second-order valence-corrected chi connectivity index (χ2v) is 10.3. The summed E-state index contributed by atoms with van der Waals surface area (Å²) in [4.78, 5) is 44.1. The second-order valence-electron chi connectivity index (χ2n) is 8.32. The summed E-state index contributed by atoms with van der Waals surface area (Å²) in [6, 6.07) is 0. The van der Waals surface area contributed by atoms with Crippen molar-refractivity contribution in [2.75, 3.05) is 26.2 Å². The lowest BCUT2D eigenvalue weighted by Gasteiger charge is -2.34. The minimum Gasteiger partial charge on any atom is -0.340 e. The van der Waals surface area contributed by atoms with Crippen LogP contribution >= 0.6 is 22.7 Å². The van der Waals surface area contributed by atoms with Crippen molar-refractivity contribution in [2.24, 2.45) is 0 Å². The Kier molecular flexibility index (Phi) is 5.90. The average molecular weight is 458 g/mol. The molecule has 1 aliphatic carbocycles. The fraction of sp³-hybridized carbons (Fsp3) is 0.545. The summed E-state index contributed by atoms with van der Waals surface area (Å²) in [7, 11) is 0. The van der Waals surface area contributed by atoms with Crippen molar-refractivity contribution in [2.45, 2.75) is 52.0 Å². The highest BCUT2D eigenvalue weighted by molar-refractivity contribution is 7.18. The first-order chi connectivity index (χ1) is 15.1. The molecular weight excluding hydrogens is 430 g/mol. The number of nitrogens with one attached hydrogen (secondary N) is 1. The lowest BCUT2D eigenvalue weighted by atomic mass is 9.97. The molecule has 1 aliphatic heterocycles. The van der Waals surface area contributed by atoms with Crippen molar-refractivity contribution in [1.82, 2.24) is 24.8 Å². The predicted octanol–water partition coefficient (Wildman–Crippen LogP) is 2.77.